The molecular formula is C17H16FN3OS. The van der Waals surface area contributed by atoms with Crippen molar-refractivity contribution < 1.29 is 9.18 Å². The van der Waals surface area contributed by atoms with Crippen LogP contribution in [0.5, 0.6) is 0 Å². The van der Waals surface area contributed by atoms with Crippen LogP contribution < -0.4 is 10.6 Å². The minimum absolute atomic E-state index is 0.249. The van der Waals surface area contributed by atoms with Gasteiger partial charge in [0.05, 0.1) is 16.8 Å². The highest BCUT2D eigenvalue weighted by Gasteiger charge is 2.05. The molecule has 6 heteroatoms. The van der Waals surface area contributed by atoms with E-state index in [1.165, 1.54) is 12.1 Å². The molecule has 1 aromatic heterocycles. The molecule has 0 saturated carbocycles. The number of hydrogen-bond donors (Lipinski definition) is 2. The van der Waals surface area contributed by atoms with Gasteiger partial charge in [0.1, 0.15) is 10.8 Å². The van der Waals surface area contributed by atoms with Gasteiger partial charge in [0.2, 0.25) is 0 Å². The molecule has 3 rings (SSSR count). The summed E-state index contributed by atoms with van der Waals surface area (Å²) >= 11 is 1.57. The molecule has 1 heterocycles. The first-order valence-electron chi connectivity index (χ1n) is 7.31. The maximum Gasteiger partial charge on any atom is 0.315 e. The number of rotatable bonds is 5. The number of carbonyl (C=O) groups is 1. The Bertz CT molecular complexity index is 785. The lowest BCUT2D eigenvalue weighted by Gasteiger charge is -2.06. The molecule has 2 amide bonds. The first-order valence-corrected chi connectivity index (χ1v) is 8.13. The number of amides is 2. The Balaban J connectivity index is 1.44. The van der Waals surface area contributed by atoms with Crippen LogP contribution in [0.15, 0.2) is 48.5 Å². The third kappa shape index (κ3) is 4.26. The van der Waals surface area contributed by atoms with Crippen molar-refractivity contribution in [3.05, 3.63) is 64.9 Å². The van der Waals surface area contributed by atoms with Crippen molar-refractivity contribution in [1.82, 2.24) is 15.6 Å². The number of benzene rings is 2. The maximum absolute atomic E-state index is 13.0. The van der Waals surface area contributed by atoms with Gasteiger partial charge >= 0.3 is 6.03 Å². The largest absolute Gasteiger partial charge is 0.338 e. The first kappa shape index (κ1) is 15.4. The summed E-state index contributed by atoms with van der Waals surface area (Å²) in [5.74, 6) is -0.261. The normalized spacial score (nSPS) is 10.7. The zero-order valence-electron chi connectivity index (χ0n) is 12.4. The van der Waals surface area contributed by atoms with Crippen molar-refractivity contribution in [2.75, 3.05) is 6.54 Å². The number of aromatic nitrogens is 1. The molecule has 0 radical (unpaired) electrons. The van der Waals surface area contributed by atoms with E-state index in [2.05, 4.69) is 15.6 Å². The summed E-state index contributed by atoms with van der Waals surface area (Å²) in [5, 5.41) is 6.41. The van der Waals surface area contributed by atoms with E-state index in [9.17, 15) is 9.18 Å². The summed E-state index contributed by atoms with van der Waals surface area (Å²) in [7, 11) is 0. The van der Waals surface area contributed by atoms with Crippen LogP contribution in [0.25, 0.3) is 10.2 Å². The molecule has 0 spiro atoms. The Hall–Kier alpha value is -2.47. The van der Waals surface area contributed by atoms with Crippen molar-refractivity contribution in [2.45, 2.75) is 13.0 Å². The van der Waals surface area contributed by atoms with E-state index in [4.69, 9.17) is 0 Å². The molecule has 0 bridgehead atoms. The molecule has 0 aliphatic rings. The zero-order chi connectivity index (χ0) is 16.1. The summed E-state index contributed by atoms with van der Waals surface area (Å²) < 4.78 is 14.2. The highest BCUT2D eigenvalue weighted by atomic mass is 32.1. The quantitative estimate of drug-likeness (QED) is 0.753. The van der Waals surface area contributed by atoms with Crippen molar-refractivity contribution in [3.8, 4) is 0 Å². The molecule has 0 atom stereocenters. The number of nitrogens with zero attached hydrogens (tertiary/aromatic N) is 1. The zero-order valence-corrected chi connectivity index (χ0v) is 13.2. The van der Waals surface area contributed by atoms with Crippen LogP contribution in [-0.2, 0) is 13.0 Å². The van der Waals surface area contributed by atoms with Crippen molar-refractivity contribution in [1.29, 1.82) is 0 Å². The number of halogens is 1. The summed E-state index contributed by atoms with van der Waals surface area (Å²) in [4.78, 5) is 16.2. The molecule has 23 heavy (non-hydrogen) atoms. The van der Waals surface area contributed by atoms with E-state index in [0.29, 0.717) is 19.5 Å². The molecule has 2 N–H and O–H groups in total. The van der Waals surface area contributed by atoms with Crippen LogP contribution in [0, 0.1) is 5.82 Å². The van der Waals surface area contributed by atoms with E-state index in [1.54, 1.807) is 17.4 Å². The van der Waals surface area contributed by atoms with Crippen molar-refractivity contribution >= 4 is 27.6 Å². The van der Waals surface area contributed by atoms with Gasteiger partial charge in [-0.3, -0.25) is 0 Å². The predicted octanol–water partition coefficient (Wildman–Crippen LogP) is 3.48. The van der Waals surface area contributed by atoms with Crippen molar-refractivity contribution in [2.24, 2.45) is 0 Å². The highest BCUT2D eigenvalue weighted by Crippen LogP contribution is 2.21. The van der Waals surface area contributed by atoms with Gasteiger partial charge in [0.25, 0.3) is 0 Å². The topological polar surface area (TPSA) is 54.0 Å². The van der Waals surface area contributed by atoms with Gasteiger partial charge in [0, 0.05) is 6.54 Å². The number of urea groups is 1. The van der Waals surface area contributed by atoms with Gasteiger partial charge in [-0.25, -0.2) is 14.2 Å². The molecule has 0 saturated heterocycles. The molecule has 3 aromatic rings. The Morgan fingerprint density at radius 2 is 2.00 bits per heavy atom. The molecule has 0 aliphatic heterocycles. The van der Waals surface area contributed by atoms with E-state index < -0.39 is 0 Å². The number of thiazole rings is 1. The first-order chi connectivity index (χ1) is 11.2. The Labute approximate surface area is 137 Å². The number of hydrogen-bond acceptors (Lipinski definition) is 3. The second-order valence-electron chi connectivity index (χ2n) is 5.06. The van der Waals surface area contributed by atoms with Gasteiger partial charge in [0.15, 0.2) is 0 Å². The van der Waals surface area contributed by atoms with Gasteiger partial charge in [-0.2, -0.15) is 0 Å². The highest BCUT2D eigenvalue weighted by molar-refractivity contribution is 7.18. The molecule has 0 fully saturated rings. The predicted molar refractivity (Wildman–Crippen MR) is 90.0 cm³/mol. The standard InChI is InChI=1S/C17H16FN3OS/c18-13-5-3-4-12(10-13)8-9-19-17(22)20-11-16-21-14-6-1-2-7-15(14)23-16/h1-7,10H,8-9,11H2,(H2,19,20,22). The minimum atomic E-state index is -0.261. The molecule has 4 nitrogen and oxygen atoms in total. The van der Waals surface area contributed by atoms with Crippen LogP contribution in [0.2, 0.25) is 0 Å². The van der Waals surface area contributed by atoms with E-state index in [1.807, 2.05) is 30.3 Å². The number of carbonyl (C=O) groups excluding carboxylic acids is 1. The molecule has 0 unspecified atom stereocenters. The lowest BCUT2D eigenvalue weighted by Crippen LogP contribution is -2.36. The Morgan fingerprint density at radius 1 is 1.13 bits per heavy atom. The lowest BCUT2D eigenvalue weighted by atomic mass is 10.1. The van der Waals surface area contributed by atoms with E-state index in [-0.39, 0.29) is 11.8 Å². The summed E-state index contributed by atoms with van der Waals surface area (Å²) in [6.07, 6.45) is 0.590. The summed E-state index contributed by atoms with van der Waals surface area (Å²) in [6, 6.07) is 14.0. The summed E-state index contributed by atoms with van der Waals surface area (Å²) in [6.45, 7) is 0.847. The fourth-order valence-corrected chi connectivity index (χ4v) is 3.13. The Morgan fingerprint density at radius 3 is 2.83 bits per heavy atom. The van der Waals surface area contributed by atoms with Crippen LogP contribution in [-0.4, -0.2) is 17.6 Å². The summed E-state index contributed by atoms with van der Waals surface area (Å²) in [5.41, 5.74) is 1.80. The minimum Gasteiger partial charge on any atom is -0.338 e. The van der Waals surface area contributed by atoms with Crippen LogP contribution in [0.4, 0.5) is 9.18 Å². The number of para-hydroxylation sites is 1. The van der Waals surface area contributed by atoms with Crippen molar-refractivity contribution in [3.63, 3.8) is 0 Å². The SMILES string of the molecule is O=C(NCCc1cccc(F)c1)NCc1nc2ccccc2s1. The average molecular weight is 329 g/mol. The van der Waals surface area contributed by atoms with E-state index >= 15 is 0 Å². The van der Waals surface area contributed by atoms with Gasteiger partial charge in [-0.05, 0) is 36.2 Å². The van der Waals surface area contributed by atoms with Gasteiger partial charge in [-0.15, -0.1) is 11.3 Å². The fourth-order valence-electron chi connectivity index (χ4n) is 2.23. The third-order valence-corrected chi connectivity index (χ3v) is 4.36. The Kier molecular flexibility index (Phi) is 4.83. The van der Waals surface area contributed by atoms with Crippen LogP contribution >= 0.6 is 11.3 Å². The molecule has 2 aromatic carbocycles. The molecular weight excluding hydrogens is 313 g/mol. The second kappa shape index (κ2) is 7.19. The fraction of sp³-hybridized carbons (Fsp3) is 0.176. The number of fused-ring (bicyclic) bond motifs is 1. The average Bonchev–Trinajstić information content (AvgIpc) is 2.96. The maximum atomic E-state index is 13.0. The smallest absolute Gasteiger partial charge is 0.315 e. The lowest BCUT2D eigenvalue weighted by molar-refractivity contribution is 0.240. The van der Waals surface area contributed by atoms with Gasteiger partial charge < -0.3 is 10.6 Å². The monoisotopic (exact) mass is 329 g/mol. The van der Waals surface area contributed by atoms with Gasteiger partial charge in [-0.1, -0.05) is 24.3 Å². The second-order valence-corrected chi connectivity index (χ2v) is 6.18. The van der Waals surface area contributed by atoms with Crippen LogP contribution in [0.1, 0.15) is 10.6 Å². The third-order valence-electron chi connectivity index (χ3n) is 3.33. The molecule has 0 aliphatic carbocycles. The molecule has 118 valence electrons. The van der Waals surface area contributed by atoms with Crippen LogP contribution in [0.3, 0.4) is 0 Å². The number of nitrogens with one attached hydrogen (secondary N) is 2. The van der Waals surface area contributed by atoms with E-state index in [0.717, 1.165) is 20.8 Å².